The number of fused-ring (bicyclic) bond motifs is 1. The Morgan fingerprint density at radius 2 is 1.39 bits per heavy atom. The third-order valence-electron chi connectivity index (χ3n) is 4.10. The Morgan fingerprint density at radius 1 is 0.833 bits per heavy atom. The molecule has 0 spiro atoms. The summed E-state index contributed by atoms with van der Waals surface area (Å²) in [7, 11) is 0. The van der Waals surface area contributed by atoms with Gasteiger partial charge in [-0.05, 0) is 16.7 Å². The Balaban J connectivity index is 1.96. The fraction of sp³-hybridized carbons (Fsp3) is 0.111. The number of benzene rings is 2. The van der Waals surface area contributed by atoms with Crippen molar-refractivity contribution in [3.05, 3.63) is 95.6 Å². The van der Waals surface area contributed by atoms with E-state index in [0.717, 1.165) is 0 Å². The molecule has 2 aromatic rings. The zero-order chi connectivity index (χ0) is 12.9. The van der Waals surface area contributed by atoms with Crippen molar-refractivity contribution in [1.82, 2.24) is 0 Å². The van der Waals surface area contributed by atoms with Gasteiger partial charge in [0.05, 0.1) is 6.79 Å². The molecule has 0 heterocycles. The fourth-order valence-electron chi connectivity index (χ4n) is 3.27. The van der Waals surface area contributed by atoms with Crippen molar-refractivity contribution in [1.29, 1.82) is 0 Å². The second kappa shape index (κ2) is 3.46. The second-order valence-corrected chi connectivity index (χ2v) is 4.93. The van der Waals surface area contributed by atoms with E-state index in [9.17, 15) is 0 Å². The van der Waals surface area contributed by atoms with Crippen LogP contribution in [0.5, 0.6) is 0 Å². The molecule has 0 bridgehead atoms. The molecule has 0 aliphatic heterocycles. The molecule has 1 unspecified atom stereocenters. The van der Waals surface area contributed by atoms with Crippen LogP contribution >= 0.6 is 0 Å². The Hall–Kier alpha value is -2.08. The van der Waals surface area contributed by atoms with Gasteiger partial charge >= 0.3 is 0 Å². The number of rotatable bonds is 2. The Morgan fingerprint density at radius 3 is 1.83 bits per heavy atom. The Bertz CT molecular complexity index is 641. The van der Waals surface area contributed by atoms with E-state index in [4.69, 9.17) is 1.37 Å². The van der Waals surface area contributed by atoms with E-state index in [1.165, 1.54) is 16.7 Å². The van der Waals surface area contributed by atoms with Crippen LogP contribution in [0.4, 0.5) is 0 Å². The third-order valence-corrected chi connectivity index (χ3v) is 4.10. The van der Waals surface area contributed by atoms with Gasteiger partial charge < -0.3 is 0 Å². The van der Waals surface area contributed by atoms with Gasteiger partial charge in [0, 0.05) is 5.92 Å². The van der Waals surface area contributed by atoms with E-state index in [0.29, 0.717) is 12.0 Å². The smallest absolute Gasteiger partial charge is 0.0623 e. The van der Waals surface area contributed by atoms with E-state index in [1.807, 2.05) is 18.2 Å². The van der Waals surface area contributed by atoms with Crippen LogP contribution in [-0.4, -0.2) is 0 Å². The number of hydrogen-bond acceptors (Lipinski definition) is 0. The maximum Gasteiger partial charge on any atom is 0.0623 e. The second-order valence-electron chi connectivity index (χ2n) is 4.93. The minimum absolute atomic E-state index is 0.0750. The lowest BCUT2D eigenvalue weighted by atomic mass is 9.84. The monoisotopic (exact) mass is 231 g/mol. The van der Waals surface area contributed by atoms with Crippen LogP contribution in [0.3, 0.4) is 0 Å². The Kier molecular flexibility index (Phi) is 1.72. The summed E-state index contributed by atoms with van der Waals surface area (Å²) in [5.74, 6) is 0.379. The lowest BCUT2D eigenvalue weighted by Gasteiger charge is -2.18. The molecule has 0 aromatic heterocycles. The first-order valence-corrected chi connectivity index (χ1v) is 6.35. The van der Waals surface area contributed by atoms with Gasteiger partial charge in [-0.3, -0.25) is 0 Å². The van der Waals surface area contributed by atoms with Crippen LogP contribution in [-0.2, 0) is 5.41 Å². The van der Waals surface area contributed by atoms with Gasteiger partial charge in [0.1, 0.15) is 0 Å². The molecule has 1 atom stereocenters. The van der Waals surface area contributed by atoms with E-state index in [2.05, 4.69) is 54.6 Å². The molecular weight excluding hydrogens is 216 g/mol. The molecule has 2 aliphatic rings. The highest BCUT2D eigenvalue weighted by molar-refractivity contribution is 5.68. The lowest BCUT2D eigenvalue weighted by Crippen LogP contribution is -2.12. The van der Waals surface area contributed by atoms with Crippen molar-refractivity contribution < 1.29 is 1.37 Å². The summed E-state index contributed by atoms with van der Waals surface area (Å²) in [5.41, 5.74) is 3.78. The summed E-state index contributed by atoms with van der Waals surface area (Å²) < 4.78 is 8.13. The molecule has 0 heteroatoms. The standard InChI is InChI=1S/C18H14/c1-3-8-14(9-4-1)18(15-10-5-2-6-11-15)16-12-7-13-17(16)18/h1-13,16H/i13D. The van der Waals surface area contributed by atoms with Crippen molar-refractivity contribution in [2.24, 2.45) is 5.92 Å². The van der Waals surface area contributed by atoms with Crippen LogP contribution < -0.4 is 0 Å². The summed E-state index contributed by atoms with van der Waals surface area (Å²) in [5, 5.41) is 0. The third kappa shape index (κ3) is 1.10. The van der Waals surface area contributed by atoms with Crippen LogP contribution in [0, 0.1) is 5.92 Å². The molecule has 0 nitrogen and oxygen atoms in total. The molecule has 4 rings (SSSR count). The summed E-state index contributed by atoms with van der Waals surface area (Å²) in [6, 6.07) is 21.8. The topological polar surface area (TPSA) is 0 Å². The van der Waals surface area contributed by atoms with Crippen molar-refractivity contribution in [3.8, 4) is 0 Å². The summed E-state index contributed by atoms with van der Waals surface area (Å²) >= 11 is 0. The molecule has 2 aliphatic carbocycles. The summed E-state index contributed by atoms with van der Waals surface area (Å²) in [6.45, 7) is 0. The van der Waals surface area contributed by atoms with E-state index >= 15 is 0 Å². The molecule has 0 saturated heterocycles. The van der Waals surface area contributed by atoms with Gasteiger partial charge in [0.2, 0.25) is 0 Å². The fourth-order valence-corrected chi connectivity index (χ4v) is 3.27. The molecule has 86 valence electrons. The maximum atomic E-state index is 8.13. The SMILES string of the molecule is [2H]C1=C2C(C=C1)C2(c1ccccc1)c1ccccc1. The van der Waals surface area contributed by atoms with Crippen LogP contribution in [0.15, 0.2) is 84.4 Å². The minimum Gasteiger partial charge on any atom is -0.0757 e. The predicted molar refractivity (Wildman–Crippen MR) is 74.4 cm³/mol. The predicted octanol–water partition coefficient (Wildman–Crippen LogP) is 4.10. The first-order chi connectivity index (χ1) is 9.35. The first kappa shape index (κ1) is 8.93. The van der Waals surface area contributed by atoms with Gasteiger partial charge in [-0.1, -0.05) is 78.9 Å². The van der Waals surface area contributed by atoms with E-state index < -0.39 is 0 Å². The average Bonchev–Trinajstić information content (AvgIpc) is 3.02. The Labute approximate surface area is 109 Å². The maximum absolute atomic E-state index is 8.13. The molecule has 1 saturated carbocycles. The van der Waals surface area contributed by atoms with Gasteiger partial charge in [0.25, 0.3) is 0 Å². The number of hydrogen-bond donors (Lipinski definition) is 0. The lowest BCUT2D eigenvalue weighted by molar-refractivity contribution is 0.797. The summed E-state index contributed by atoms with van der Waals surface area (Å²) in [4.78, 5) is 0. The van der Waals surface area contributed by atoms with Crippen LogP contribution in [0.2, 0.25) is 0 Å². The highest BCUT2D eigenvalue weighted by atomic mass is 14.6. The quantitative estimate of drug-likeness (QED) is 0.730. The number of allylic oxidation sites excluding steroid dienone is 4. The largest absolute Gasteiger partial charge is 0.0757 e. The van der Waals surface area contributed by atoms with Gasteiger partial charge in [-0.2, -0.15) is 0 Å². The van der Waals surface area contributed by atoms with Gasteiger partial charge in [-0.25, -0.2) is 0 Å². The first-order valence-electron chi connectivity index (χ1n) is 6.85. The highest BCUT2D eigenvalue weighted by Crippen LogP contribution is 2.65. The van der Waals surface area contributed by atoms with Crippen LogP contribution in [0.25, 0.3) is 0 Å². The highest BCUT2D eigenvalue weighted by Gasteiger charge is 2.61. The van der Waals surface area contributed by atoms with E-state index in [-0.39, 0.29) is 5.41 Å². The zero-order valence-corrected chi connectivity index (χ0v) is 10.0. The zero-order valence-electron chi connectivity index (χ0n) is 11.0. The van der Waals surface area contributed by atoms with Gasteiger partial charge in [0.15, 0.2) is 0 Å². The summed E-state index contributed by atoms with van der Waals surface area (Å²) in [6.07, 6.45) is 4.11. The molecule has 1 fully saturated rings. The molecular formula is C18H14. The van der Waals surface area contributed by atoms with Crippen molar-refractivity contribution in [2.75, 3.05) is 0 Å². The van der Waals surface area contributed by atoms with Crippen molar-refractivity contribution in [2.45, 2.75) is 5.41 Å². The minimum atomic E-state index is -0.0750. The van der Waals surface area contributed by atoms with E-state index in [1.54, 1.807) is 0 Å². The van der Waals surface area contributed by atoms with Crippen LogP contribution in [0.1, 0.15) is 12.5 Å². The van der Waals surface area contributed by atoms with Crippen molar-refractivity contribution in [3.63, 3.8) is 0 Å². The average molecular weight is 231 g/mol. The molecule has 18 heavy (non-hydrogen) atoms. The molecule has 0 N–H and O–H groups in total. The normalized spacial score (nSPS) is 23.8. The molecule has 2 aromatic carbocycles. The molecule has 0 amide bonds. The van der Waals surface area contributed by atoms with Gasteiger partial charge in [-0.15, -0.1) is 0 Å². The molecule has 0 radical (unpaired) electrons. The van der Waals surface area contributed by atoms with Crippen molar-refractivity contribution >= 4 is 0 Å².